The van der Waals surface area contributed by atoms with E-state index < -0.39 is 22.6 Å². The van der Waals surface area contributed by atoms with E-state index in [-0.39, 0.29) is 18.0 Å². The van der Waals surface area contributed by atoms with Gasteiger partial charge in [0.05, 0.1) is 11.8 Å². The molecule has 0 spiro atoms. The first-order valence-corrected chi connectivity index (χ1v) is 9.09. The van der Waals surface area contributed by atoms with E-state index >= 15 is 0 Å². The van der Waals surface area contributed by atoms with E-state index in [1.807, 2.05) is 11.0 Å². The number of amides is 1. The molecule has 27 heavy (non-hydrogen) atoms. The van der Waals surface area contributed by atoms with Crippen LogP contribution in [0.25, 0.3) is 0 Å². The number of allylic oxidation sites excluding steroid dienone is 1. The maximum Gasteiger partial charge on any atom is 0.550 e. The number of piperidine rings is 1. The Hall–Kier alpha value is -2.66. The molecule has 2 saturated heterocycles. The van der Waals surface area contributed by atoms with Crippen LogP contribution in [0.5, 0.6) is 0 Å². The minimum Gasteiger partial charge on any atom is -0.408 e. The van der Waals surface area contributed by atoms with E-state index in [0.29, 0.717) is 31.6 Å². The lowest BCUT2D eigenvalue weighted by Gasteiger charge is -2.30. The van der Waals surface area contributed by atoms with Crippen molar-refractivity contribution in [2.24, 2.45) is 5.10 Å². The molecule has 0 saturated carbocycles. The fourth-order valence-electron chi connectivity index (χ4n) is 3.40. The molecule has 2 aliphatic heterocycles. The predicted molar refractivity (Wildman–Crippen MR) is 100 cm³/mol. The topological polar surface area (TPSA) is 82.8 Å². The maximum atomic E-state index is 14.8. The normalized spacial score (nSPS) is 24.8. The summed E-state index contributed by atoms with van der Waals surface area (Å²) in [7, 11) is 0. The predicted octanol–water partition coefficient (Wildman–Crippen LogP) is 2.88. The summed E-state index contributed by atoms with van der Waals surface area (Å²) in [5.41, 5.74) is 1.66. The van der Waals surface area contributed by atoms with Crippen LogP contribution in [0.2, 0.25) is 0 Å². The molecule has 0 aliphatic carbocycles. The fraction of sp³-hybridized carbons (Fsp3) is 0.389. The Morgan fingerprint density at radius 3 is 2.74 bits per heavy atom. The summed E-state index contributed by atoms with van der Waals surface area (Å²) in [6.07, 6.45) is 3.05. The number of anilines is 1. The SMILES string of the molecule is N#CC=C1CCN(c2ccc([N@@+]3(N=C=O)CC(CS)OC3=O)cc2F)CC1. The quantitative estimate of drug-likeness (QED) is 0.281. The monoisotopic (exact) mass is 389 g/mol. The van der Waals surface area contributed by atoms with Crippen LogP contribution < -0.4 is 9.49 Å². The Kier molecular flexibility index (Phi) is 5.61. The van der Waals surface area contributed by atoms with Gasteiger partial charge in [-0.25, -0.2) is 9.18 Å². The smallest absolute Gasteiger partial charge is 0.408 e. The second kappa shape index (κ2) is 7.92. The van der Waals surface area contributed by atoms with E-state index in [2.05, 4.69) is 17.7 Å². The number of carbonyl (C=O) groups is 1. The minimum atomic E-state index is -0.777. The zero-order valence-corrected chi connectivity index (χ0v) is 15.4. The number of cyclic esters (lactones) is 1. The summed E-state index contributed by atoms with van der Waals surface area (Å²) in [5, 5.41) is 12.3. The lowest BCUT2D eigenvalue weighted by Crippen LogP contribution is -2.45. The highest BCUT2D eigenvalue weighted by atomic mass is 32.1. The molecule has 2 aliphatic rings. The van der Waals surface area contributed by atoms with E-state index in [1.54, 1.807) is 18.2 Å². The molecule has 0 bridgehead atoms. The summed E-state index contributed by atoms with van der Waals surface area (Å²) in [5.74, 6) is -0.242. The van der Waals surface area contributed by atoms with E-state index in [1.165, 1.54) is 12.1 Å². The van der Waals surface area contributed by atoms with Gasteiger partial charge in [0, 0.05) is 42.2 Å². The number of nitrogens with zero attached hydrogens (tertiary/aromatic N) is 4. The number of carbonyl (C=O) groups excluding carboxylic acids is 2. The van der Waals surface area contributed by atoms with Gasteiger partial charge in [-0.15, -0.1) is 0 Å². The number of hydrogen-bond donors (Lipinski definition) is 1. The molecule has 1 amide bonds. The third-order valence-electron chi connectivity index (χ3n) is 4.83. The number of halogens is 1. The van der Waals surface area contributed by atoms with Crippen LogP contribution in [-0.4, -0.2) is 43.7 Å². The first-order valence-electron chi connectivity index (χ1n) is 8.46. The first-order chi connectivity index (χ1) is 13.0. The molecular weight excluding hydrogens is 371 g/mol. The van der Waals surface area contributed by atoms with Crippen molar-refractivity contribution in [3.8, 4) is 6.07 Å². The van der Waals surface area contributed by atoms with Gasteiger partial charge in [0.1, 0.15) is 0 Å². The van der Waals surface area contributed by atoms with Crippen LogP contribution in [-0.2, 0) is 9.53 Å². The number of isocyanates is 1. The van der Waals surface area contributed by atoms with Crippen LogP contribution in [0.15, 0.2) is 34.9 Å². The van der Waals surface area contributed by atoms with Gasteiger partial charge in [0.15, 0.2) is 24.2 Å². The summed E-state index contributed by atoms with van der Waals surface area (Å²) < 4.78 is 19.2. The van der Waals surface area contributed by atoms with Crippen LogP contribution in [0.3, 0.4) is 0 Å². The molecular formula is C18H18FN4O3S+. The highest BCUT2D eigenvalue weighted by Gasteiger charge is 2.53. The molecule has 2 heterocycles. The number of ether oxygens (including phenoxy) is 1. The summed E-state index contributed by atoms with van der Waals surface area (Å²) in [6, 6.07) is 6.38. The van der Waals surface area contributed by atoms with Crippen molar-refractivity contribution in [2.75, 3.05) is 30.3 Å². The van der Waals surface area contributed by atoms with Crippen LogP contribution >= 0.6 is 12.6 Å². The van der Waals surface area contributed by atoms with Gasteiger partial charge in [-0.2, -0.15) is 22.7 Å². The highest BCUT2D eigenvalue weighted by Crippen LogP contribution is 2.35. The Balaban J connectivity index is 1.88. The number of quaternary nitrogens is 1. The van der Waals surface area contributed by atoms with Crippen LogP contribution in [0.1, 0.15) is 12.8 Å². The van der Waals surface area contributed by atoms with Gasteiger partial charge >= 0.3 is 6.09 Å². The van der Waals surface area contributed by atoms with Crippen molar-refractivity contribution in [1.29, 1.82) is 5.26 Å². The average Bonchev–Trinajstić information content (AvgIpc) is 3.00. The number of hydrogen-bond acceptors (Lipinski definition) is 7. The maximum absolute atomic E-state index is 14.8. The number of rotatable bonds is 4. The van der Waals surface area contributed by atoms with Crippen molar-refractivity contribution in [3.05, 3.63) is 35.7 Å². The highest BCUT2D eigenvalue weighted by molar-refractivity contribution is 7.80. The molecule has 2 atom stereocenters. The van der Waals surface area contributed by atoms with E-state index in [9.17, 15) is 14.0 Å². The molecule has 0 radical (unpaired) electrons. The van der Waals surface area contributed by atoms with Gasteiger partial charge in [-0.1, -0.05) is 10.2 Å². The Morgan fingerprint density at radius 2 is 2.19 bits per heavy atom. The number of benzene rings is 1. The number of thiol groups is 1. The summed E-state index contributed by atoms with van der Waals surface area (Å²) in [4.78, 5) is 25.1. The minimum absolute atomic E-state index is 0.0579. The molecule has 1 aromatic rings. The molecule has 0 aromatic heterocycles. The lowest BCUT2D eigenvalue weighted by molar-refractivity contribution is 0.140. The zero-order valence-electron chi connectivity index (χ0n) is 14.5. The largest absolute Gasteiger partial charge is 0.550 e. The van der Waals surface area contributed by atoms with Gasteiger partial charge < -0.3 is 9.64 Å². The van der Waals surface area contributed by atoms with Gasteiger partial charge in [0.25, 0.3) is 6.08 Å². The number of nitriles is 1. The van der Waals surface area contributed by atoms with Crippen molar-refractivity contribution in [2.45, 2.75) is 18.9 Å². The van der Waals surface area contributed by atoms with Gasteiger partial charge in [-0.05, 0) is 18.9 Å². The van der Waals surface area contributed by atoms with Crippen molar-refractivity contribution in [1.82, 2.24) is 4.59 Å². The molecule has 3 rings (SSSR count). The molecule has 1 aromatic carbocycles. The van der Waals surface area contributed by atoms with Gasteiger partial charge in [0.2, 0.25) is 0 Å². The second-order valence-electron chi connectivity index (χ2n) is 6.39. The van der Waals surface area contributed by atoms with Crippen molar-refractivity contribution >= 4 is 36.2 Å². The lowest BCUT2D eigenvalue weighted by atomic mass is 10.0. The Bertz CT molecular complexity index is 868. The molecule has 9 heteroatoms. The molecule has 7 nitrogen and oxygen atoms in total. The fourth-order valence-corrected chi connectivity index (χ4v) is 3.59. The third-order valence-corrected chi connectivity index (χ3v) is 5.23. The molecule has 1 unspecified atom stereocenters. The van der Waals surface area contributed by atoms with Crippen molar-refractivity contribution < 1.29 is 18.7 Å². The third kappa shape index (κ3) is 3.60. The molecule has 2 fully saturated rings. The zero-order chi connectivity index (χ0) is 19.4. The van der Waals surface area contributed by atoms with E-state index in [0.717, 1.165) is 5.57 Å². The average molecular weight is 389 g/mol. The van der Waals surface area contributed by atoms with E-state index in [4.69, 9.17) is 10.00 Å². The summed E-state index contributed by atoms with van der Waals surface area (Å²) >= 11 is 4.11. The second-order valence-corrected chi connectivity index (χ2v) is 6.75. The van der Waals surface area contributed by atoms with Crippen LogP contribution in [0.4, 0.5) is 20.6 Å². The van der Waals surface area contributed by atoms with Crippen LogP contribution in [0, 0.1) is 17.1 Å². The van der Waals surface area contributed by atoms with Gasteiger partial charge in [-0.3, -0.25) is 0 Å². The molecule has 140 valence electrons. The summed E-state index contributed by atoms with van der Waals surface area (Å²) in [6.45, 7) is 1.25. The Morgan fingerprint density at radius 1 is 1.44 bits per heavy atom. The Labute approximate surface area is 161 Å². The molecule has 0 N–H and O–H groups in total. The van der Waals surface area contributed by atoms with Crippen molar-refractivity contribution in [3.63, 3.8) is 0 Å². The standard InChI is InChI=1S/C18H17FN4O3S/c19-16-9-14(23(21-12-24)10-15(11-27)26-18(23)25)1-2-17(16)22-7-4-13(3-6-20)5-8-22/h1-3,9,15H,4-5,7-8,10-11H2/p+1/t15?,23-/m0/s1. The first kappa shape index (κ1) is 19.1.